The minimum atomic E-state index is -0.746. The summed E-state index contributed by atoms with van der Waals surface area (Å²) in [4.78, 5) is 32.7. The molecule has 158 valence electrons. The fraction of sp³-hybridized carbons (Fsp3) is 0.211. The van der Waals surface area contributed by atoms with Gasteiger partial charge in [-0.2, -0.15) is 0 Å². The molecule has 0 aliphatic carbocycles. The van der Waals surface area contributed by atoms with Crippen LogP contribution in [0.3, 0.4) is 0 Å². The monoisotopic (exact) mass is 477 g/mol. The molecule has 0 atom stereocenters. The molecule has 10 nitrogen and oxygen atoms in total. The van der Waals surface area contributed by atoms with Crippen LogP contribution in [0.4, 0.5) is 22.7 Å². The molecule has 4 N–H and O–H groups in total. The molecule has 0 radical (unpaired) electrons. The Balaban J connectivity index is 2.12. The van der Waals surface area contributed by atoms with Crippen molar-refractivity contribution in [1.29, 1.82) is 0 Å². The van der Waals surface area contributed by atoms with Crippen LogP contribution in [0.15, 0.2) is 52.0 Å². The molecule has 0 bridgehead atoms. The molecule has 2 aromatic carbocycles. The van der Waals surface area contributed by atoms with E-state index in [2.05, 4.69) is 26.6 Å². The van der Waals surface area contributed by atoms with Crippen LogP contribution in [-0.2, 0) is 0 Å². The van der Waals surface area contributed by atoms with Gasteiger partial charge in [0, 0.05) is 24.7 Å². The van der Waals surface area contributed by atoms with E-state index in [0.717, 1.165) is 17.2 Å². The maximum Gasteiger partial charge on any atom is 0.306 e. The molecule has 0 spiro atoms. The van der Waals surface area contributed by atoms with Crippen molar-refractivity contribution in [2.24, 2.45) is 5.73 Å². The van der Waals surface area contributed by atoms with Crippen LogP contribution in [0.2, 0.25) is 0 Å². The van der Waals surface area contributed by atoms with Crippen molar-refractivity contribution in [2.45, 2.75) is 13.8 Å². The molecule has 0 heterocycles. The second-order valence-corrected chi connectivity index (χ2v) is 7.37. The number of nitro benzene ring substituents is 2. The average Bonchev–Trinajstić information content (AvgIpc) is 2.69. The van der Waals surface area contributed by atoms with Gasteiger partial charge in [0.2, 0.25) is 5.91 Å². The number of carbonyl (C=O) groups excluding carboxylic acids is 1. The lowest BCUT2D eigenvalue weighted by molar-refractivity contribution is -0.384. The van der Waals surface area contributed by atoms with Gasteiger partial charge in [0.15, 0.2) is 0 Å². The van der Waals surface area contributed by atoms with Gasteiger partial charge in [0.05, 0.1) is 14.3 Å². The zero-order chi connectivity index (χ0) is 22.4. The fourth-order valence-corrected chi connectivity index (χ4v) is 3.10. The number of amides is 1. The van der Waals surface area contributed by atoms with Crippen LogP contribution < -0.4 is 16.4 Å². The number of hydrogen-bond acceptors (Lipinski definition) is 7. The quantitative estimate of drug-likeness (QED) is 0.277. The third kappa shape index (κ3) is 5.54. The van der Waals surface area contributed by atoms with Crippen LogP contribution in [0, 0.1) is 20.2 Å². The van der Waals surface area contributed by atoms with Gasteiger partial charge >= 0.3 is 5.69 Å². The Bertz CT molecular complexity index is 1040. The maximum atomic E-state index is 11.3. The normalized spacial score (nSPS) is 11.4. The van der Waals surface area contributed by atoms with Crippen LogP contribution in [-0.4, -0.2) is 28.8 Å². The molecule has 0 aliphatic rings. The van der Waals surface area contributed by atoms with Gasteiger partial charge in [-0.25, -0.2) is 0 Å². The van der Waals surface area contributed by atoms with E-state index in [4.69, 9.17) is 5.73 Å². The number of primary amides is 1. The van der Waals surface area contributed by atoms with Crippen molar-refractivity contribution >= 4 is 44.6 Å². The lowest BCUT2D eigenvalue weighted by Gasteiger charge is -2.13. The van der Waals surface area contributed by atoms with Gasteiger partial charge in [0.1, 0.15) is 11.4 Å². The van der Waals surface area contributed by atoms with E-state index in [-0.39, 0.29) is 22.6 Å². The van der Waals surface area contributed by atoms with Crippen molar-refractivity contribution < 1.29 is 14.6 Å². The van der Waals surface area contributed by atoms with Gasteiger partial charge in [-0.1, -0.05) is 17.2 Å². The zero-order valence-corrected chi connectivity index (χ0v) is 17.9. The van der Waals surface area contributed by atoms with E-state index < -0.39 is 15.8 Å². The minimum Gasteiger partial charge on any atom is -0.376 e. The van der Waals surface area contributed by atoms with Gasteiger partial charge in [0.25, 0.3) is 5.69 Å². The van der Waals surface area contributed by atoms with E-state index >= 15 is 0 Å². The molecule has 0 aliphatic heterocycles. The van der Waals surface area contributed by atoms with Crippen LogP contribution in [0.1, 0.15) is 24.2 Å². The summed E-state index contributed by atoms with van der Waals surface area (Å²) in [6.07, 6.45) is 0. The molecule has 0 saturated heterocycles. The van der Waals surface area contributed by atoms with Crippen molar-refractivity contribution in [1.82, 2.24) is 0 Å². The summed E-state index contributed by atoms with van der Waals surface area (Å²) in [6.45, 7) is 4.37. The first kappa shape index (κ1) is 22.8. The highest BCUT2D eigenvalue weighted by molar-refractivity contribution is 9.10. The summed E-state index contributed by atoms with van der Waals surface area (Å²) in [5.41, 5.74) is 7.37. The maximum absolute atomic E-state index is 11.3. The Kier molecular flexibility index (Phi) is 7.48. The second kappa shape index (κ2) is 9.83. The van der Waals surface area contributed by atoms with E-state index in [1.54, 1.807) is 18.2 Å². The highest BCUT2D eigenvalue weighted by Gasteiger charge is 2.18. The fourth-order valence-electron chi connectivity index (χ4n) is 2.59. The largest absolute Gasteiger partial charge is 0.376 e. The molecule has 2 rings (SSSR count). The smallest absolute Gasteiger partial charge is 0.306 e. The number of nitrogens with zero attached hydrogens (tertiary/aromatic N) is 2. The predicted molar refractivity (Wildman–Crippen MR) is 118 cm³/mol. The van der Waals surface area contributed by atoms with Crippen LogP contribution in [0.25, 0.3) is 0 Å². The van der Waals surface area contributed by atoms with Crippen molar-refractivity contribution in [3.63, 3.8) is 0 Å². The number of benzene rings is 2. The van der Waals surface area contributed by atoms with Crippen molar-refractivity contribution in [2.75, 3.05) is 23.7 Å². The van der Waals surface area contributed by atoms with E-state index in [0.29, 0.717) is 23.2 Å². The van der Waals surface area contributed by atoms with Crippen LogP contribution in [0.5, 0.6) is 0 Å². The third-order valence-electron chi connectivity index (χ3n) is 4.46. The number of para-hydroxylation sites is 1. The lowest BCUT2D eigenvalue weighted by atomic mass is 10.1. The molecule has 0 saturated carbocycles. The number of nitro groups is 2. The standard InChI is InChI=1S/C19H20BrN5O5/c1-11(9-22-15-7-6-13(19(21)26)8-17(15)24(27)28)12(2)10-23-16-5-3-4-14(20)18(16)25(29)30/h3-8,22-23H,9-10H2,1-2H3,(H2,21,26). The molecule has 0 aromatic heterocycles. The summed E-state index contributed by atoms with van der Waals surface area (Å²) < 4.78 is 0.379. The molecule has 11 heteroatoms. The summed E-state index contributed by atoms with van der Waals surface area (Å²) in [5, 5.41) is 28.6. The Morgan fingerprint density at radius 3 is 2.13 bits per heavy atom. The van der Waals surface area contributed by atoms with E-state index in [1.165, 1.54) is 12.1 Å². The van der Waals surface area contributed by atoms with Gasteiger partial charge in [-0.15, -0.1) is 0 Å². The molecule has 0 fully saturated rings. The minimum absolute atomic E-state index is 0.0498. The molecule has 0 unspecified atom stereocenters. The Morgan fingerprint density at radius 2 is 1.60 bits per heavy atom. The highest BCUT2D eigenvalue weighted by Crippen LogP contribution is 2.32. The van der Waals surface area contributed by atoms with Gasteiger partial charge < -0.3 is 16.4 Å². The van der Waals surface area contributed by atoms with Crippen LogP contribution >= 0.6 is 15.9 Å². The van der Waals surface area contributed by atoms with E-state index in [1.807, 2.05) is 13.8 Å². The molecule has 2 aromatic rings. The number of nitrogens with two attached hydrogens (primary N) is 1. The lowest BCUT2D eigenvalue weighted by Crippen LogP contribution is -2.13. The first-order chi connectivity index (χ1) is 14.1. The molecular weight excluding hydrogens is 458 g/mol. The first-order valence-electron chi connectivity index (χ1n) is 8.76. The topological polar surface area (TPSA) is 153 Å². The Hall–Kier alpha value is -3.47. The summed E-state index contributed by atoms with van der Waals surface area (Å²) in [6, 6.07) is 8.89. The highest BCUT2D eigenvalue weighted by atomic mass is 79.9. The summed E-state index contributed by atoms with van der Waals surface area (Å²) in [7, 11) is 0. The molecular formula is C19H20BrN5O5. The number of hydrogen-bond donors (Lipinski definition) is 3. The molecule has 30 heavy (non-hydrogen) atoms. The SMILES string of the molecule is CC(CNc1ccc(C(N)=O)cc1[N+](=O)[O-])=C(C)CNc1cccc(Br)c1[N+](=O)[O-]. The average molecular weight is 478 g/mol. The van der Waals surface area contributed by atoms with Gasteiger partial charge in [-0.3, -0.25) is 25.0 Å². The zero-order valence-electron chi connectivity index (χ0n) is 16.3. The number of rotatable bonds is 9. The first-order valence-corrected chi connectivity index (χ1v) is 9.55. The van der Waals surface area contributed by atoms with E-state index in [9.17, 15) is 25.0 Å². The third-order valence-corrected chi connectivity index (χ3v) is 5.10. The number of carbonyl (C=O) groups is 1. The van der Waals surface area contributed by atoms with Crippen molar-refractivity contribution in [3.05, 3.63) is 77.8 Å². The second-order valence-electron chi connectivity index (χ2n) is 6.51. The number of halogens is 1. The molecule has 1 amide bonds. The Labute approximate surface area is 180 Å². The number of nitrogens with one attached hydrogen (secondary N) is 2. The predicted octanol–water partition coefficient (Wildman–Crippen LogP) is 4.22. The van der Waals surface area contributed by atoms with Crippen molar-refractivity contribution in [3.8, 4) is 0 Å². The summed E-state index contributed by atoms with van der Waals surface area (Å²) >= 11 is 3.18. The number of anilines is 2. The summed E-state index contributed by atoms with van der Waals surface area (Å²) in [5.74, 6) is -0.746. The Morgan fingerprint density at radius 1 is 1.00 bits per heavy atom. The van der Waals surface area contributed by atoms with Gasteiger partial charge in [-0.05, 0) is 54.0 Å².